The number of carbonyl (C=O) groups excluding carboxylic acids is 1. The van der Waals surface area contributed by atoms with E-state index < -0.39 is 16.4 Å². The maximum Gasteiger partial charge on any atom is 0.332 e. The second-order valence-electron chi connectivity index (χ2n) is 6.44. The molecule has 2 saturated carbocycles. The number of hydrogen-bond donors (Lipinski definition) is 0. The number of alkyl halides is 1. The lowest BCUT2D eigenvalue weighted by Crippen LogP contribution is -2.49. The van der Waals surface area contributed by atoms with Gasteiger partial charge in [0.25, 0.3) is 0 Å². The van der Waals surface area contributed by atoms with Gasteiger partial charge in [0.05, 0.1) is 13.2 Å². The van der Waals surface area contributed by atoms with Gasteiger partial charge in [0.2, 0.25) is 0 Å². The van der Waals surface area contributed by atoms with E-state index in [4.69, 9.17) is 21.2 Å². The van der Waals surface area contributed by atoms with E-state index in [2.05, 4.69) is 0 Å². The molecule has 1 heterocycles. The van der Waals surface area contributed by atoms with E-state index in [0.29, 0.717) is 0 Å². The molecule has 4 rings (SSSR count). The van der Waals surface area contributed by atoms with Crippen molar-refractivity contribution in [1.82, 2.24) is 5.06 Å². The molecule has 5 heteroatoms. The highest BCUT2D eigenvalue weighted by Crippen LogP contribution is 2.82. The molecule has 112 valence electrons. The van der Waals surface area contributed by atoms with Gasteiger partial charge >= 0.3 is 5.97 Å². The first kappa shape index (κ1) is 13.6. The average molecular weight is 308 g/mol. The van der Waals surface area contributed by atoms with Crippen molar-refractivity contribution in [2.45, 2.75) is 35.8 Å². The highest BCUT2D eigenvalue weighted by Gasteiger charge is 2.89. The summed E-state index contributed by atoms with van der Waals surface area (Å²) >= 11 is 6.95. The van der Waals surface area contributed by atoms with Gasteiger partial charge in [-0.2, -0.15) is 5.06 Å². The molecule has 1 unspecified atom stereocenters. The van der Waals surface area contributed by atoms with Crippen LogP contribution in [0.1, 0.15) is 30.9 Å². The maximum atomic E-state index is 12.6. The minimum absolute atomic E-state index is 0.0841. The van der Waals surface area contributed by atoms with Crippen LogP contribution in [0.25, 0.3) is 0 Å². The number of carbonyl (C=O) groups is 1. The third-order valence-corrected chi connectivity index (χ3v) is 6.06. The molecule has 0 radical (unpaired) electrons. The fourth-order valence-electron chi connectivity index (χ4n) is 4.14. The lowest BCUT2D eigenvalue weighted by molar-refractivity contribution is -0.164. The van der Waals surface area contributed by atoms with Crippen LogP contribution in [-0.4, -0.2) is 35.7 Å². The molecule has 0 amide bonds. The molecule has 2 aliphatic carbocycles. The zero-order chi connectivity index (χ0) is 14.9. The quantitative estimate of drug-likeness (QED) is 0.622. The Morgan fingerprint density at radius 2 is 2.05 bits per heavy atom. The van der Waals surface area contributed by atoms with Gasteiger partial charge in [0.1, 0.15) is 5.60 Å². The van der Waals surface area contributed by atoms with Gasteiger partial charge in [-0.25, -0.2) is 4.79 Å². The predicted octanol–water partition coefficient (Wildman–Crippen LogP) is 2.68. The summed E-state index contributed by atoms with van der Waals surface area (Å²) in [6.45, 7) is 0. The molecular weight excluding hydrogens is 290 g/mol. The molecular formula is C16H18ClNO3. The van der Waals surface area contributed by atoms with Gasteiger partial charge in [0.15, 0.2) is 4.87 Å². The number of hydrogen-bond acceptors (Lipinski definition) is 4. The molecule has 3 atom stereocenters. The summed E-state index contributed by atoms with van der Waals surface area (Å²) in [5.41, 5.74) is 0.449. The predicted molar refractivity (Wildman–Crippen MR) is 77.6 cm³/mol. The number of hydroxylamine groups is 2. The summed E-state index contributed by atoms with van der Waals surface area (Å²) in [6, 6.07) is 9.46. The molecule has 3 aliphatic rings. The highest BCUT2D eigenvalue weighted by molar-refractivity contribution is 6.36. The largest absolute Gasteiger partial charge is 0.468 e. The monoisotopic (exact) mass is 307 g/mol. The van der Waals surface area contributed by atoms with Crippen LogP contribution >= 0.6 is 11.6 Å². The van der Waals surface area contributed by atoms with Crippen LogP contribution in [-0.2, 0) is 14.4 Å². The first-order chi connectivity index (χ1) is 10.0. The fourth-order valence-corrected chi connectivity index (χ4v) is 4.79. The van der Waals surface area contributed by atoms with E-state index in [1.807, 2.05) is 37.4 Å². The molecule has 1 aromatic carbocycles. The number of nitrogens with zero attached hydrogens (tertiary/aromatic N) is 1. The van der Waals surface area contributed by atoms with Crippen LogP contribution in [0.4, 0.5) is 0 Å². The van der Waals surface area contributed by atoms with Crippen LogP contribution in [0, 0.1) is 5.41 Å². The molecule has 0 bridgehead atoms. The zero-order valence-electron chi connectivity index (χ0n) is 12.1. The molecule has 3 fully saturated rings. The molecule has 0 aromatic heterocycles. The minimum atomic E-state index is -1.19. The Labute approximate surface area is 128 Å². The van der Waals surface area contributed by atoms with Crippen molar-refractivity contribution < 1.29 is 14.4 Å². The fraction of sp³-hybridized carbons (Fsp3) is 0.562. The van der Waals surface area contributed by atoms with Crippen molar-refractivity contribution in [2.24, 2.45) is 5.41 Å². The highest BCUT2D eigenvalue weighted by atomic mass is 35.5. The van der Waals surface area contributed by atoms with Crippen LogP contribution < -0.4 is 0 Å². The van der Waals surface area contributed by atoms with E-state index in [9.17, 15) is 4.79 Å². The molecule has 1 aliphatic heterocycles. The average Bonchev–Trinajstić information content (AvgIpc) is 3.37. The summed E-state index contributed by atoms with van der Waals surface area (Å²) in [5.74, 6) is -0.397. The summed E-state index contributed by atoms with van der Waals surface area (Å²) in [6.07, 6.45) is 2.99. The lowest BCUT2D eigenvalue weighted by Gasteiger charge is -2.30. The van der Waals surface area contributed by atoms with Crippen molar-refractivity contribution in [1.29, 1.82) is 0 Å². The molecule has 1 aromatic rings. The second-order valence-corrected chi connectivity index (χ2v) is 7.03. The first-order valence-electron chi connectivity index (χ1n) is 7.25. The van der Waals surface area contributed by atoms with Crippen molar-refractivity contribution >= 4 is 17.6 Å². The normalized spacial score (nSPS) is 39.7. The Kier molecular flexibility index (Phi) is 2.58. The van der Waals surface area contributed by atoms with Crippen molar-refractivity contribution in [2.75, 3.05) is 14.2 Å². The number of benzene rings is 1. The number of rotatable bonds is 2. The summed E-state index contributed by atoms with van der Waals surface area (Å²) in [7, 11) is 3.24. The van der Waals surface area contributed by atoms with Crippen molar-refractivity contribution in [3.63, 3.8) is 0 Å². The Balaban J connectivity index is 1.84. The van der Waals surface area contributed by atoms with Crippen LogP contribution in [0.3, 0.4) is 0 Å². The van der Waals surface area contributed by atoms with Crippen LogP contribution in [0.15, 0.2) is 30.3 Å². The zero-order valence-corrected chi connectivity index (χ0v) is 12.9. The SMILES string of the molecule is COC(=O)[C@@]1(Cl)[C@@H](c2ccccc2)N(C)OC12CC21CC1. The van der Waals surface area contributed by atoms with Crippen LogP contribution in [0.2, 0.25) is 0 Å². The molecule has 1 saturated heterocycles. The summed E-state index contributed by atoms with van der Waals surface area (Å²) in [4.78, 5) is 17.5. The van der Waals surface area contributed by atoms with Gasteiger partial charge in [0, 0.05) is 12.5 Å². The van der Waals surface area contributed by atoms with Crippen LogP contribution in [0.5, 0.6) is 0 Å². The van der Waals surface area contributed by atoms with Gasteiger partial charge in [-0.05, 0) is 24.8 Å². The Hall–Kier alpha value is -1.10. The Morgan fingerprint density at radius 3 is 2.57 bits per heavy atom. The number of methoxy groups -OCH3 is 1. The van der Waals surface area contributed by atoms with Crippen molar-refractivity contribution in [3.8, 4) is 0 Å². The molecule has 0 N–H and O–H groups in total. The number of halogens is 1. The smallest absolute Gasteiger partial charge is 0.332 e. The second kappa shape index (κ2) is 4.00. The Morgan fingerprint density at radius 1 is 1.38 bits per heavy atom. The Bertz CT molecular complexity index is 603. The van der Waals surface area contributed by atoms with Gasteiger partial charge in [-0.3, -0.25) is 4.84 Å². The van der Waals surface area contributed by atoms with Gasteiger partial charge in [-0.1, -0.05) is 30.3 Å². The molecule has 21 heavy (non-hydrogen) atoms. The topological polar surface area (TPSA) is 38.8 Å². The van der Waals surface area contributed by atoms with E-state index >= 15 is 0 Å². The van der Waals surface area contributed by atoms with Crippen molar-refractivity contribution in [3.05, 3.63) is 35.9 Å². The lowest BCUT2D eigenvalue weighted by atomic mass is 9.85. The third kappa shape index (κ3) is 1.46. The van der Waals surface area contributed by atoms with E-state index in [1.54, 1.807) is 5.06 Å². The minimum Gasteiger partial charge on any atom is -0.468 e. The maximum absolute atomic E-state index is 12.6. The standard InChI is InChI=1S/C16H18ClNO3/c1-18-12(11-6-4-3-5-7-11)16(17,13(19)20-2)15(21-18)10-14(15)8-9-14/h3-7,12H,8-10H2,1-2H3/t12-,15?,16+/m1/s1. The number of ether oxygens (including phenoxy) is 1. The van der Waals surface area contributed by atoms with Gasteiger partial charge in [-0.15, -0.1) is 11.6 Å². The number of fused-ring (bicyclic) bond motifs is 1. The first-order valence-corrected chi connectivity index (χ1v) is 7.63. The van der Waals surface area contributed by atoms with E-state index in [1.165, 1.54) is 7.11 Å². The molecule has 4 nitrogen and oxygen atoms in total. The number of esters is 1. The van der Waals surface area contributed by atoms with E-state index in [-0.39, 0.29) is 11.5 Å². The summed E-state index contributed by atoms with van der Waals surface area (Å²) < 4.78 is 5.06. The van der Waals surface area contributed by atoms with Gasteiger partial charge < -0.3 is 4.74 Å². The summed E-state index contributed by atoms with van der Waals surface area (Å²) in [5, 5.41) is 1.74. The third-order valence-electron chi connectivity index (χ3n) is 5.40. The molecule has 2 spiro atoms. The van der Waals surface area contributed by atoms with E-state index in [0.717, 1.165) is 24.8 Å².